The zero-order valence-electron chi connectivity index (χ0n) is 11.6. The third-order valence-corrected chi connectivity index (χ3v) is 3.23. The molecule has 0 radical (unpaired) electrons. The number of nitrogens with one attached hydrogen (secondary N) is 2. The Morgan fingerprint density at radius 3 is 2.90 bits per heavy atom. The molecule has 2 rings (SSSR count). The van der Waals surface area contributed by atoms with Crippen molar-refractivity contribution >= 4 is 23.3 Å². The van der Waals surface area contributed by atoms with Crippen LogP contribution in [0.25, 0.3) is 0 Å². The summed E-state index contributed by atoms with van der Waals surface area (Å²) in [6.45, 7) is 6.67. The van der Waals surface area contributed by atoms with Gasteiger partial charge in [0.15, 0.2) is 0 Å². The van der Waals surface area contributed by atoms with E-state index in [4.69, 9.17) is 0 Å². The maximum Gasteiger partial charge on any atom is 0.319 e. The molecule has 1 aliphatic heterocycles. The van der Waals surface area contributed by atoms with E-state index in [0.29, 0.717) is 18.7 Å². The Morgan fingerprint density at radius 1 is 1.50 bits per heavy atom. The molecule has 5 heteroatoms. The lowest BCUT2D eigenvalue weighted by molar-refractivity contribution is -0.117. The second-order valence-electron chi connectivity index (χ2n) is 4.77. The van der Waals surface area contributed by atoms with Crippen molar-refractivity contribution in [1.82, 2.24) is 5.32 Å². The van der Waals surface area contributed by atoms with Crippen LogP contribution in [0.2, 0.25) is 0 Å². The standard InChI is InChI=1S/C15H19N3O2/c1-3-8-16-15(20)17-12-6-7-13(11(2)10-12)18-9-4-5-14(18)19/h3,6-7,10H,1,4-5,8-9H2,2H3,(H2,16,17,20). The summed E-state index contributed by atoms with van der Waals surface area (Å²) in [7, 11) is 0. The highest BCUT2D eigenvalue weighted by molar-refractivity contribution is 5.96. The monoisotopic (exact) mass is 273 g/mol. The number of hydrogen-bond acceptors (Lipinski definition) is 2. The van der Waals surface area contributed by atoms with Gasteiger partial charge in [-0.1, -0.05) is 6.08 Å². The van der Waals surface area contributed by atoms with Gasteiger partial charge in [-0.05, 0) is 37.1 Å². The van der Waals surface area contributed by atoms with Gasteiger partial charge in [-0.2, -0.15) is 0 Å². The predicted octanol–water partition coefficient (Wildman–Crippen LogP) is 2.43. The number of anilines is 2. The quantitative estimate of drug-likeness (QED) is 0.828. The van der Waals surface area contributed by atoms with E-state index in [2.05, 4.69) is 17.2 Å². The van der Waals surface area contributed by atoms with Gasteiger partial charge < -0.3 is 15.5 Å². The van der Waals surface area contributed by atoms with E-state index >= 15 is 0 Å². The van der Waals surface area contributed by atoms with E-state index in [1.165, 1.54) is 0 Å². The summed E-state index contributed by atoms with van der Waals surface area (Å²) in [4.78, 5) is 25.1. The van der Waals surface area contributed by atoms with E-state index in [1.54, 1.807) is 17.0 Å². The van der Waals surface area contributed by atoms with Crippen molar-refractivity contribution in [3.63, 3.8) is 0 Å². The molecule has 20 heavy (non-hydrogen) atoms. The maximum atomic E-state index is 11.7. The molecule has 3 amide bonds. The Kier molecular flexibility index (Phi) is 4.40. The van der Waals surface area contributed by atoms with E-state index in [0.717, 1.165) is 24.2 Å². The van der Waals surface area contributed by atoms with Gasteiger partial charge in [-0.25, -0.2) is 4.79 Å². The summed E-state index contributed by atoms with van der Waals surface area (Å²) in [5, 5.41) is 5.39. The Bertz CT molecular complexity index is 540. The summed E-state index contributed by atoms with van der Waals surface area (Å²) in [5.74, 6) is 0.164. The highest BCUT2D eigenvalue weighted by Gasteiger charge is 2.22. The second-order valence-corrected chi connectivity index (χ2v) is 4.77. The summed E-state index contributed by atoms with van der Waals surface area (Å²) < 4.78 is 0. The van der Waals surface area contributed by atoms with Crippen LogP contribution in [-0.2, 0) is 4.79 Å². The van der Waals surface area contributed by atoms with Crippen LogP contribution >= 0.6 is 0 Å². The summed E-state index contributed by atoms with van der Waals surface area (Å²) in [6.07, 6.45) is 3.14. The lowest BCUT2D eigenvalue weighted by Crippen LogP contribution is -2.28. The van der Waals surface area contributed by atoms with Crippen LogP contribution in [0.15, 0.2) is 30.9 Å². The van der Waals surface area contributed by atoms with Gasteiger partial charge in [0.2, 0.25) is 5.91 Å². The Hall–Kier alpha value is -2.30. The molecule has 0 bridgehead atoms. The molecule has 1 aromatic rings. The van der Waals surface area contributed by atoms with Gasteiger partial charge in [0, 0.05) is 30.9 Å². The van der Waals surface area contributed by atoms with Gasteiger partial charge in [-0.3, -0.25) is 4.79 Å². The number of benzene rings is 1. The highest BCUT2D eigenvalue weighted by Crippen LogP contribution is 2.27. The first-order valence-corrected chi connectivity index (χ1v) is 6.68. The molecule has 2 N–H and O–H groups in total. The molecule has 1 saturated heterocycles. The van der Waals surface area contributed by atoms with Gasteiger partial charge >= 0.3 is 6.03 Å². The van der Waals surface area contributed by atoms with Crippen molar-refractivity contribution in [3.8, 4) is 0 Å². The average Bonchev–Trinajstić information content (AvgIpc) is 2.83. The SMILES string of the molecule is C=CCNC(=O)Nc1ccc(N2CCCC2=O)c(C)c1. The number of nitrogens with zero attached hydrogens (tertiary/aromatic N) is 1. The van der Waals surface area contributed by atoms with Gasteiger partial charge in [0.1, 0.15) is 0 Å². The molecule has 0 saturated carbocycles. The van der Waals surface area contributed by atoms with E-state index in [-0.39, 0.29) is 11.9 Å². The minimum absolute atomic E-state index is 0.164. The molecule has 0 aliphatic carbocycles. The first-order valence-electron chi connectivity index (χ1n) is 6.68. The number of hydrogen-bond donors (Lipinski definition) is 2. The first-order chi connectivity index (χ1) is 9.61. The number of urea groups is 1. The predicted molar refractivity (Wildman–Crippen MR) is 80.0 cm³/mol. The Morgan fingerprint density at radius 2 is 2.30 bits per heavy atom. The zero-order chi connectivity index (χ0) is 14.5. The fraction of sp³-hybridized carbons (Fsp3) is 0.333. The smallest absolute Gasteiger partial charge is 0.319 e. The van der Waals surface area contributed by atoms with Crippen molar-refractivity contribution in [2.24, 2.45) is 0 Å². The molecule has 5 nitrogen and oxygen atoms in total. The van der Waals surface area contributed by atoms with E-state index in [9.17, 15) is 9.59 Å². The molecule has 0 aromatic heterocycles. The fourth-order valence-corrected chi connectivity index (χ4v) is 2.28. The Balaban J connectivity index is 2.07. The lowest BCUT2D eigenvalue weighted by Gasteiger charge is -2.19. The second kappa shape index (κ2) is 6.23. The lowest BCUT2D eigenvalue weighted by atomic mass is 10.1. The normalized spacial score (nSPS) is 14.2. The molecule has 106 valence electrons. The molecule has 1 aliphatic rings. The minimum Gasteiger partial charge on any atom is -0.334 e. The van der Waals surface area contributed by atoms with Crippen LogP contribution in [0.4, 0.5) is 16.2 Å². The number of rotatable bonds is 4. The van der Waals surface area contributed by atoms with Crippen LogP contribution in [-0.4, -0.2) is 25.0 Å². The highest BCUT2D eigenvalue weighted by atomic mass is 16.2. The molecule has 1 heterocycles. The van der Waals surface area contributed by atoms with Crippen molar-refractivity contribution in [1.29, 1.82) is 0 Å². The number of amides is 3. The van der Waals surface area contributed by atoms with E-state index < -0.39 is 0 Å². The largest absolute Gasteiger partial charge is 0.334 e. The van der Waals surface area contributed by atoms with Crippen LogP contribution in [0, 0.1) is 6.92 Å². The number of carbonyl (C=O) groups is 2. The maximum absolute atomic E-state index is 11.7. The van der Waals surface area contributed by atoms with E-state index in [1.807, 2.05) is 19.1 Å². The van der Waals surface area contributed by atoms with Crippen molar-refractivity contribution in [2.45, 2.75) is 19.8 Å². The fourth-order valence-electron chi connectivity index (χ4n) is 2.28. The Labute approximate surface area is 118 Å². The third kappa shape index (κ3) is 3.17. The van der Waals surface area contributed by atoms with Crippen LogP contribution in [0.5, 0.6) is 0 Å². The summed E-state index contributed by atoms with van der Waals surface area (Å²) >= 11 is 0. The summed E-state index contributed by atoms with van der Waals surface area (Å²) in [6, 6.07) is 5.28. The van der Waals surface area contributed by atoms with Gasteiger partial charge in [0.25, 0.3) is 0 Å². The van der Waals surface area contributed by atoms with Gasteiger partial charge in [-0.15, -0.1) is 6.58 Å². The third-order valence-electron chi connectivity index (χ3n) is 3.23. The molecule has 0 unspecified atom stereocenters. The van der Waals surface area contributed by atoms with Gasteiger partial charge in [0.05, 0.1) is 0 Å². The number of aryl methyl sites for hydroxylation is 1. The molecule has 1 aromatic carbocycles. The van der Waals surface area contributed by atoms with Crippen LogP contribution in [0.1, 0.15) is 18.4 Å². The topological polar surface area (TPSA) is 61.4 Å². The number of carbonyl (C=O) groups excluding carboxylic acids is 2. The zero-order valence-corrected chi connectivity index (χ0v) is 11.6. The minimum atomic E-state index is -0.269. The molecule has 0 spiro atoms. The van der Waals surface area contributed by atoms with Crippen LogP contribution < -0.4 is 15.5 Å². The molecular weight excluding hydrogens is 254 g/mol. The van der Waals surface area contributed by atoms with Crippen molar-refractivity contribution in [2.75, 3.05) is 23.3 Å². The molecule has 1 fully saturated rings. The molecular formula is C15H19N3O2. The van der Waals surface area contributed by atoms with Crippen molar-refractivity contribution < 1.29 is 9.59 Å². The first kappa shape index (κ1) is 14.1. The van der Waals surface area contributed by atoms with Crippen molar-refractivity contribution in [3.05, 3.63) is 36.4 Å². The van der Waals surface area contributed by atoms with Crippen LogP contribution in [0.3, 0.4) is 0 Å². The average molecular weight is 273 g/mol. The molecule has 0 atom stereocenters. The summed E-state index contributed by atoms with van der Waals surface area (Å²) in [5.41, 5.74) is 2.60.